The number of nitrogens with one attached hydrogen (secondary N) is 1. The van der Waals surface area contributed by atoms with Crippen molar-refractivity contribution in [1.29, 1.82) is 0 Å². The summed E-state index contributed by atoms with van der Waals surface area (Å²) >= 11 is 1.91. The van der Waals surface area contributed by atoms with Crippen LogP contribution in [-0.2, 0) is 6.42 Å². The molecule has 0 spiro atoms. The first-order chi connectivity index (χ1) is 10.5. The van der Waals surface area contributed by atoms with E-state index in [1.807, 2.05) is 11.8 Å². The molecule has 1 aromatic heterocycles. The first-order valence-corrected chi connectivity index (χ1v) is 8.87. The van der Waals surface area contributed by atoms with E-state index in [-0.39, 0.29) is 11.7 Å². The molecule has 120 valence electrons. The zero-order chi connectivity index (χ0) is 15.7. The van der Waals surface area contributed by atoms with E-state index >= 15 is 0 Å². The van der Waals surface area contributed by atoms with E-state index in [2.05, 4.69) is 34.8 Å². The molecule has 1 aromatic rings. The van der Waals surface area contributed by atoms with Gasteiger partial charge in [-0.15, -0.1) is 0 Å². The molecule has 0 unspecified atom stereocenters. The highest BCUT2D eigenvalue weighted by atomic mass is 32.2. The second-order valence-electron chi connectivity index (χ2n) is 6.40. The highest BCUT2D eigenvalue weighted by molar-refractivity contribution is 7.99. The smallest absolute Gasteiger partial charge is 0.254 e. The first-order valence-electron chi connectivity index (χ1n) is 7.82. The molecule has 0 radical (unpaired) electrons. The molecule has 3 rings (SSSR count). The molecule has 22 heavy (non-hydrogen) atoms. The summed E-state index contributed by atoms with van der Waals surface area (Å²) in [5.74, 6) is 1.34. The number of thioether (sulfide) groups is 1. The third kappa shape index (κ3) is 3.29. The highest BCUT2D eigenvalue weighted by Gasteiger charge is 2.32. The number of aromatic nitrogens is 2. The predicted octanol–water partition coefficient (Wildman–Crippen LogP) is 1.14. The van der Waals surface area contributed by atoms with E-state index in [4.69, 9.17) is 0 Å². The Morgan fingerprint density at radius 3 is 3.09 bits per heavy atom. The molecule has 2 aliphatic rings. The molecule has 2 N–H and O–H groups in total. The van der Waals surface area contributed by atoms with Gasteiger partial charge in [-0.2, -0.15) is 11.8 Å². The fourth-order valence-corrected chi connectivity index (χ4v) is 4.11. The van der Waals surface area contributed by atoms with E-state index in [1.165, 1.54) is 6.33 Å². The molecule has 5 nitrogen and oxygen atoms in total. The van der Waals surface area contributed by atoms with Crippen molar-refractivity contribution in [3.8, 4) is 0 Å². The number of aromatic amines is 1. The van der Waals surface area contributed by atoms with Gasteiger partial charge in [-0.1, -0.05) is 19.9 Å². The van der Waals surface area contributed by atoms with Crippen molar-refractivity contribution in [2.24, 2.45) is 5.92 Å². The molecule has 6 heteroatoms. The average Bonchev–Trinajstić information content (AvgIpc) is 3.02. The van der Waals surface area contributed by atoms with Crippen molar-refractivity contribution in [3.05, 3.63) is 34.0 Å². The number of nitrogens with zero attached hydrogens (tertiary/aromatic N) is 2. The Morgan fingerprint density at radius 1 is 1.50 bits per heavy atom. The van der Waals surface area contributed by atoms with Gasteiger partial charge in [-0.3, -0.25) is 9.69 Å². The summed E-state index contributed by atoms with van der Waals surface area (Å²) in [6.45, 7) is 6.76. The van der Waals surface area contributed by atoms with Crippen molar-refractivity contribution < 1.29 is 5.11 Å². The second kappa shape index (κ2) is 6.56. The van der Waals surface area contributed by atoms with Crippen molar-refractivity contribution in [2.75, 3.05) is 25.4 Å². The van der Waals surface area contributed by atoms with Crippen LogP contribution in [0.5, 0.6) is 0 Å². The van der Waals surface area contributed by atoms with Gasteiger partial charge < -0.3 is 10.1 Å². The molecule has 1 aliphatic carbocycles. The lowest BCUT2D eigenvalue weighted by atomic mass is 10.1. The molecule has 0 amide bonds. The number of allylic oxidation sites excluding steroid dienone is 1. The maximum Gasteiger partial charge on any atom is 0.254 e. The molecular formula is C16H23N3O2S. The first kappa shape index (κ1) is 15.8. The van der Waals surface area contributed by atoms with Gasteiger partial charge in [0.2, 0.25) is 0 Å². The van der Waals surface area contributed by atoms with Crippen molar-refractivity contribution in [1.82, 2.24) is 14.9 Å². The van der Waals surface area contributed by atoms with Crippen LogP contribution in [0.15, 0.2) is 17.2 Å². The molecular weight excluding hydrogens is 298 g/mol. The lowest BCUT2D eigenvalue weighted by molar-refractivity contribution is 0.151. The van der Waals surface area contributed by atoms with Crippen LogP contribution in [0.25, 0.3) is 5.57 Å². The Balaban J connectivity index is 1.62. The van der Waals surface area contributed by atoms with E-state index in [1.54, 1.807) is 0 Å². The zero-order valence-electron chi connectivity index (χ0n) is 13.1. The van der Waals surface area contributed by atoms with Crippen molar-refractivity contribution in [2.45, 2.75) is 31.6 Å². The predicted molar refractivity (Wildman–Crippen MR) is 90.1 cm³/mol. The topological polar surface area (TPSA) is 69.2 Å². The maximum atomic E-state index is 11.8. The lowest BCUT2D eigenvalue weighted by Crippen LogP contribution is -2.24. The number of rotatable bonds is 5. The largest absolute Gasteiger partial charge is 0.391 e. The monoisotopic (exact) mass is 321 g/mol. The molecule has 1 saturated heterocycles. The van der Waals surface area contributed by atoms with Gasteiger partial charge in [-0.05, 0) is 17.2 Å². The maximum absolute atomic E-state index is 11.8. The van der Waals surface area contributed by atoms with Crippen LogP contribution in [0.4, 0.5) is 0 Å². The molecule has 2 atom stereocenters. The normalized spacial score (nSPS) is 24.8. The van der Waals surface area contributed by atoms with Crippen molar-refractivity contribution >= 4 is 17.3 Å². The third-order valence-corrected chi connectivity index (χ3v) is 5.61. The van der Waals surface area contributed by atoms with E-state index < -0.39 is 0 Å². The molecule has 0 saturated carbocycles. The number of hydrogen-bond donors (Lipinski definition) is 2. The van der Waals surface area contributed by atoms with Crippen LogP contribution < -0.4 is 5.56 Å². The van der Waals surface area contributed by atoms with Gasteiger partial charge in [0.15, 0.2) is 0 Å². The van der Waals surface area contributed by atoms with Gasteiger partial charge in [0, 0.05) is 36.9 Å². The SMILES string of the molecule is CC(C)SC[C@H]1CN(CC2=CCc3c2nc[nH]c3=O)C[C@@H]1O. The summed E-state index contributed by atoms with van der Waals surface area (Å²) in [7, 11) is 0. The number of fused-ring (bicyclic) bond motifs is 1. The number of aliphatic hydroxyl groups is 1. The number of likely N-dealkylation sites (tertiary alicyclic amines) is 1. The van der Waals surface area contributed by atoms with Crippen LogP contribution in [0.2, 0.25) is 0 Å². The van der Waals surface area contributed by atoms with Crippen LogP contribution in [0.1, 0.15) is 25.1 Å². The van der Waals surface area contributed by atoms with Gasteiger partial charge >= 0.3 is 0 Å². The minimum Gasteiger partial charge on any atom is -0.391 e. The molecule has 0 bridgehead atoms. The summed E-state index contributed by atoms with van der Waals surface area (Å²) in [5, 5.41) is 10.8. The minimum atomic E-state index is -0.250. The molecule has 1 aliphatic heterocycles. The number of hydrogen-bond acceptors (Lipinski definition) is 5. The Hall–Kier alpha value is -1.11. The van der Waals surface area contributed by atoms with E-state index in [9.17, 15) is 9.90 Å². The summed E-state index contributed by atoms with van der Waals surface area (Å²) in [4.78, 5) is 21.0. The standard InChI is InChI=1S/C16H23N3O2S/c1-10(2)22-8-12-6-19(7-14(12)20)5-11-3-4-13-15(11)17-9-18-16(13)21/h3,9-10,12,14,20H,4-8H2,1-2H3,(H,17,18,21)/t12-,14+/m1/s1. The fourth-order valence-electron chi connectivity index (χ4n) is 3.15. The molecule has 1 fully saturated rings. The van der Waals surface area contributed by atoms with Crippen LogP contribution >= 0.6 is 11.8 Å². The highest BCUT2D eigenvalue weighted by Crippen LogP contribution is 2.28. The van der Waals surface area contributed by atoms with Gasteiger partial charge in [0.1, 0.15) is 0 Å². The van der Waals surface area contributed by atoms with Crippen molar-refractivity contribution in [3.63, 3.8) is 0 Å². The molecule has 0 aromatic carbocycles. The number of aliphatic hydroxyl groups excluding tert-OH is 1. The van der Waals surface area contributed by atoms with Crippen LogP contribution in [0.3, 0.4) is 0 Å². The lowest BCUT2D eigenvalue weighted by Gasteiger charge is -2.17. The second-order valence-corrected chi connectivity index (χ2v) is 8.01. The summed E-state index contributed by atoms with van der Waals surface area (Å²) in [6, 6.07) is 0. The Bertz CT molecular complexity index is 626. The fraction of sp³-hybridized carbons (Fsp3) is 0.625. The minimum absolute atomic E-state index is 0.0380. The zero-order valence-corrected chi connectivity index (χ0v) is 13.9. The molecule has 2 heterocycles. The summed E-state index contributed by atoms with van der Waals surface area (Å²) < 4.78 is 0. The van der Waals surface area contributed by atoms with E-state index in [0.717, 1.165) is 35.7 Å². The van der Waals surface area contributed by atoms with Gasteiger partial charge in [0.05, 0.1) is 18.1 Å². The van der Waals surface area contributed by atoms with Gasteiger partial charge in [-0.25, -0.2) is 4.98 Å². The quantitative estimate of drug-likeness (QED) is 0.851. The third-order valence-electron chi connectivity index (χ3n) is 4.33. The average molecular weight is 321 g/mol. The summed E-state index contributed by atoms with van der Waals surface area (Å²) in [5.41, 5.74) is 2.68. The van der Waals surface area contributed by atoms with Crippen LogP contribution in [-0.4, -0.2) is 56.7 Å². The summed E-state index contributed by atoms with van der Waals surface area (Å²) in [6.07, 6.45) is 3.98. The Labute approximate surface area is 134 Å². The Morgan fingerprint density at radius 2 is 2.32 bits per heavy atom. The van der Waals surface area contributed by atoms with E-state index in [0.29, 0.717) is 24.1 Å². The number of β-amino-alcohol motifs (C(OH)–C–C–N with tert-alkyl or cyclic N) is 1. The van der Waals surface area contributed by atoms with Crippen LogP contribution in [0, 0.1) is 5.92 Å². The van der Waals surface area contributed by atoms with Gasteiger partial charge in [0.25, 0.3) is 5.56 Å². The Kier molecular flexibility index (Phi) is 4.70. The number of H-pyrrole nitrogens is 1.